The average Bonchev–Trinajstić information content (AvgIpc) is 3.97. The van der Waals surface area contributed by atoms with Gasteiger partial charge in [0.2, 0.25) is 0 Å². The smallest absolute Gasteiger partial charge is 0.0950 e. The highest BCUT2D eigenvalue weighted by Crippen LogP contribution is 2.37. The number of rotatable bonds is 0. The van der Waals surface area contributed by atoms with Crippen molar-refractivity contribution in [2.45, 2.75) is 288 Å². The molecule has 1 saturated carbocycles. The van der Waals surface area contributed by atoms with E-state index < -0.39 is 0 Å². The zero-order valence-corrected chi connectivity index (χ0v) is 50.7. The summed E-state index contributed by atoms with van der Waals surface area (Å²) < 4.78 is 12.8. The third-order valence-corrected chi connectivity index (χ3v) is 15.1. The van der Waals surface area contributed by atoms with Crippen LogP contribution in [0.15, 0.2) is 18.7 Å². The van der Waals surface area contributed by atoms with Crippen molar-refractivity contribution in [3.05, 3.63) is 18.7 Å². The number of nitrogens with zero attached hydrogens (tertiary/aromatic N) is 6. The van der Waals surface area contributed by atoms with E-state index in [-0.39, 0.29) is 5.54 Å². The Kier molecular flexibility index (Phi) is 30.3. The summed E-state index contributed by atoms with van der Waals surface area (Å²) in [5, 5.41) is 0. The van der Waals surface area contributed by atoms with E-state index in [1.807, 2.05) is 12.5 Å². The molecule has 0 N–H and O–H groups in total. The summed E-state index contributed by atoms with van der Waals surface area (Å²) in [6.07, 6.45) is 30.1. The monoisotopic (exact) mass is 973 g/mol. The Bertz CT molecular complexity index is 1230. The van der Waals surface area contributed by atoms with Crippen LogP contribution in [0.5, 0.6) is 0 Å². The first-order valence-corrected chi connectivity index (χ1v) is 28.9. The van der Waals surface area contributed by atoms with Crippen molar-refractivity contribution in [1.82, 2.24) is 29.2 Å². The molecule has 0 aromatic carbocycles. The molecule has 5 aliphatic heterocycles. The lowest BCUT2D eigenvalue weighted by Crippen LogP contribution is -2.47. The van der Waals surface area contributed by atoms with Gasteiger partial charge in [0.05, 0.1) is 25.6 Å². The molecule has 7 rings (SSSR count). The summed E-state index contributed by atoms with van der Waals surface area (Å²) in [5.74, 6) is 1.00. The second-order valence-corrected chi connectivity index (χ2v) is 28.5. The molecule has 6 aliphatic rings. The number of morpholine rings is 1. The predicted molar refractivity (Wildman–Crippen MR) is 304 cm³/mol. The molecule has 5 saturated heterocycles. The Morgan fingerprint density at radius 2 is 0.710 bits per heavy atom. The van der Waals surface area contributed by atoms with E-state index in [4.69, 9.17) is 9.47 Å². The van der Waals surface area contributed by atoms with Gasteiger partial charge in [-0.05, 0) is 224 Å². The van der Waals surface area contributed by atoms with Gasteiger partial charge in [-0.15, -0.1) is 0 Å². The molecule has 0 radical (unpaired) electrons. The highest BCUT2D eigenvalue weighted by atomic mass is 16.5. The molecule has 0 bridgehead atoms. The summed E-state index contributed by atoms with van der Waals surface area (Å²) in [5.41, 5.74) is 2.63. The molecule has 1 aromatic rings. The zero-order chi connectivity index (χ0) is 52.6. The summed E-state index contributed by atoms with van der Waals surface area (Å²) in [4.78, 5) is 14.2. The van der Waals surface area contributed by atoms with Crippen LogP contribution in [-0.4, -0.2) is 130 Å². The Morgan fingerprint density at radius 3 is 0.928 bits per heavy atom. The number of likely N-dealkylation sites (tertiary alicyclic amines) is 3. The van der Waals surface area contributed by atoms with Crippen molar-refractivity contribution in [2.75, 3.05) is 72.2 Å². The second-order valence-electron chi connectivity index (χ2n) is 28.5. The maximum absolute atomic E-state index is 5.52. The fourth-order valence-corrected chi connectivity index (χ4v) is 9.99. The van der Waals surface area contributed by atoms with Gasteiger partial charge in [-0.1, -0.05) is 86.5 Å². The van der Waals surface area contributed by atoms with Gasteiger partial charge in [-0.2, -0.15) is 0 Å². The molecule has 1 unspecified atom stereocenters. The number of ether oxygens (including phenoxy) is 2. The van der Waals surface area contributed by atoms with Crippen LogP contribution in [0.1, 0.15) is 255 Å². The SMILES string of the molecule is CC(C)(C)C1CCCCC1.CC(C)(C)C1CCCO1.CC(C)(C)N1CCCCC1.CC(C)(C)N1CCCCC1.CC(C)(C)N1CCCCCC1.CC(C)(C)N1CCOCC1.CC(C)(C)n1ccnc1. The topological polar surface area (TPSA) is 49.2 Å². The van der Waals surface area contributed by atoms with Crippen molar-refractivity contribution in [1.29, 1.82) is 0 Å². The third kappa shape index (κ3) is 30.7. The molecule has 0 amide bonds. The molecule has 410 valence electrons. The molecule has 1 aromatic heterocycles. The number of piperidine rings is 2. The van der Waals surface area contributed by atoms with Gasteiger partial charge in [0.25, 0.3) is 0 Å². The van der Waals surface area contributed by atoms with Crippen molar-refractivity contribution in [3.8, 4) is 0 Å². The van der Waals surface area contributed by atoms with E-state index in [2.05, 4.69) is 175 Å². The van der Waals surface area contributed by atoms with Crippen molar-refractivity contribution >= 4 is 0 Å². The summed E-state index contributed by atoms with van der Waals surface area (Å²) in [6, 6.07) is 0. The Balaban J connectivity index is 0.000000403. The number of hydrogen-bond acceptors (Lipinski definition) is 7. The van der Waals surface area contributed by atoms with E-state index in [1.54, 1.807) is 6.20 Å². The van der Waals surface area contributed by atoms with Crippen LogP contribution in [0, 0.1) is 16.7 Å². The lowest BCUT2D eigenvalue weighted by Gasteiger charge is -2.38. The van der Waals surface area contributed by atoms with Crippen molar-refractivity contribution in [3.63, 3.8) is 0 Å². The van der Waals surface area contributed by atoms with Crippen LogP contribution in [0.25, 0.3) is 0 Å². The van der Waals surface area contributed by atoms with Gasteiger partial charge >= 0.3 is 0 Å². The largest absolute Gasteiger partial charge is 0.379 e. The quantitative estimate of drug-likeness (QED) is 0.257. The van der Waals surface area contributed by atoms with Crippen LogP contribution in [0.4, 0.5) is 0 Å². The summed E-state index contributed by atoms with van der Waals surface area (Å²) >= 11 is 0. The first-order chi connectivity index (χ1) is 31.7. The lowest BCUT2D eigenvalue weighted by molar-refractivity contribution is -0.00389. The van der Waals surface area contributed by atoms with E-state index in [9.17, 15) is 0 Å². The molecular formula is C61H124N6O2. The molecule has 0 spiro atoms. The van der Waals surface area contributed by atoms with Crippen molar-refractivity contribution < 1.29 is 9.47 Å². The maximum Gasteiger partial charge on any atom is 0.0950 e. The number of imidazole rings is 1. The molecule has 6 heterocycles. The normalized spacial score (nSPS) is 22.4. The fourth-order valence-electron chi connectivity index (χ4n) is 9.99. The standard InChI is InChI=1S/C10H21N.C10H20.2C9H19N.C8H17NO.C8H16O.C7H12N2/c1-10(2,3)11-8-6-4-5-7-9-11;1-10(2,3)9-7-5-4-6-8-9;2*1-9(2,3)10-7-5-4-6-8-10;1-8(2,3)9-4-6-10-7-5-9;1-8(2,3)7-5-4-6-9-7;1-7(2,3)9-5-4-8-6-9/h4-9H2,1-3H3;9H,4-8H2,1-3H3;2*4-8H2,1-3H3;4-7H2,1-3H3;7H,4-6H2,1-3H3;4-6H,1-3H3. The van der Waals surface area contributed by atoms with E-state index in [0.717, 1.165) is 38.8 Å². The van der Waals surface area contributed by atoms with Crippen molar-refractivity contribution in [2.24, 2.45) is 16.7 Å². The highest BCUT2D eigenvalue weighted by Gasteiger charge is 2.29. The number of hydrogen-bond donors (Lipinski definition) is 0. The van der Waals surface area contributed by atoms with E-state index in [1.165, 1.54) is 148 Å². The zero-order valence-electron chi connectivity index (χ0n) is 50.7. The Labute approximate surface area is 433 Å². The van der Waals surface area contributed by atoms with Gasteiger partial charge in [-0.25, -0.2) is 4.98 Å². The van der Waals surface area contributed by atoms with Crippen LogP contribution < -0.4 is 0 Å². The minimum Gasteiger partial charge on any atom is -0.379 e. The molecule has 1 aliphatic carbocycles. The second kappa shape index (κ2) is 31.6. The van der Waals surface area contributed by atoms with Gasteiger partial charge in [0.15, 0.2) is 0 Å². The molecule has 69 heavy (non-hydrogen) atoms. The van der Waals surface area contributed by atoms with Crippen LogP contribution in [0.2, 0.25) is 0 Å². The molecule has 6 fully saturated rings. The average molecular weight is 974 g/mol. The Hall–Kier alpha value is -1.03. The first kappa shape index (κ1) is 66.0. The summed E-state index contributed by atoms with van der Waals surface area (Å²) in [6.45, 7) is 60.6. The molecule has 1 atom stereocenters. The molecule has 8 nitrogen and oxygen atoms in total. The number of aromatic nitrogens is 2. The van der Waals surface area contributed by atoms with Crippen LogP contribution >= 0.6 is 0 Å². The molecule has 8 heteroatoms. The van der Waals surface area contributed by atoms with Gasteiger partial charge < -0.3 is 14.0 Å². The van der Waals surface area contributed by atoms with E-state index >= 15 is 0 Å². The third-order valence-electron chi connectivity index (χ3n) is 15.1. The van der Waals surface area contributed by atoms with E-state index in [0.29, 0.717) is 39.1 Å². The maximum atomic E-state index is 5.52. The molecular weight excluding hydrogens is 849 g/mol. The fraction of sp³-hybridized carbons (Fsp3) is 0.951. The summed E-state index contributed by atoms with van der Waals surface area (Å²) in [7, 11) is 0. The highest BCUT2D eigenvalue weighted by molar-refractivity contribution is 4.84. The van der Waals surface area contributed by atoms with Gasteiger partial charge in [0.1, 0.15) is 0 Å². The Morgan fingerprint density at radius 1 is 0.362 bits per heavy atom. The minimum absolute atomic E-state index is 0.177. The first-order valence-electron chi connectivity index (χ1n) is 28.9. The predicted octanol–water partition coefficient (Wildman–Crippen LogP) is 15.8. The van der Waals surface area contributed by atoms with Crippen LogP contribution in [0.3, 0.4) is 0 Å². The van der Waals surface area contributed by atoms with Gasteiger partial charge in [0, 0.05) is 59.8 Å². The lowest BCUT2D eigenvalue weighted by atomic mass is 9.72. The minimum atomic E-state index is 0.177. The van der Waals surface area contributed by atoms with Crippen LogP contribution in [-0.2, 0) is 15.0 Å². The van der Waals surface area contributed by atoms with Gasteiger partial charge in [-0.3, -0.25) is 19.6 Å².